The molecule has 0 fully saturated rings. The van der Waals surface area contributed by atoms with Crippen LogP contribution >= 0.6 is 0 Å². The highest BCUT2D eigenvalue weighted by Gasteiger charge is 1.75. The zero-order chi connectivity index (χ0) is 7.11. The molecule has 2 nitrogen and oxygen atoms in total. The molecule has 0 aromatic rings. The summed E-state index contributed by atoms with van der Waals surface area (Å²) in [6.07, 6.45) is 6.48. The van der Waals surface area contributed by atoms with E-state index in [1.165, 1.54) is 6.08 Å². The third-order valence-electron chi connectivity index (χ3n) is 0.652. The fourth-order valence-corrected chi connectivity index (χ4v) is 0.275. The Kier molecular flexibility index (Phi) is 3.89. The standard InChI is InChI=1S/C7H8N2/c1-2-3-4-5-7(9)6-8/h2-5H,1,9H2/b4-3-,7-5-. The number of nitriles is 1. The molecule has 0 spiro atoms. The summed E-state index contributed by atoms with van der Waals surface area (Å²) in [6, 6.07) is 1.78. The van der Waals surface area contributed by atoms with Crippen molar-refractivity contribution in [1.29, 1.82) is 5.26 Å². The van der Waals surface area contributed by atoms with E-state index in [-0.39, 0.29) is 5.70 Å². The molecular weight excluding hydrogens is 112 g/mol. The molecule has 0 rings (SSSR count). The molecule has 0 aliphatic carbocycles. The van der Waals surface area contributed by atoms with Gasteiger partial charge in [0.15, 0.2) is 0 Å². The molecule has 0 amide bonds. The van der Waals surface area contributed by atoms with E-state index in [2.05, 4.69) is 6.58 Å². The minimum Gasteiger partial charge on any atom is -0.390 e. The molecule has 0 heterocycles. The van der Waals surface area contributed by atoms with Gasteiger partial charge in [0.2, 0.25) is 0 Å². The van der Waals surface area contributed by atoms with Crippen LogP contribution in [0.25, 0.3) is 0 Å². The van der Waals surface area contributed by atoms with E-state index in [0.717, 1.165) is 0 Å². The van der Waals surface area contributed by atoms with E-state index in [4.69, 9.17) is 11.0 Å². The van der Waals surface area contributed by atoms with Gasteiger partial charge >= 0.3 is 0 Å². The molecule has 0 bridgehead atoms. The van der Waals surface area contributed by atoms with E-state index in [1.807, 2.05) is 0 Å². The molecule has 2 heteroatoms. The first-order chi connectivity index (χ1) is 4.31. The monoisotopic (exact) mass is 120 g/mol. The summed E-state index contributed by atoms with van der Waals surface area (Å²) in [4.78, 5) is 0. The van der Waals surface area contributed by atoms with Crippen molar-refractivity contribution in [2.24, 2.45) is 5.73 Å². The van der Waals surface area contributed by atoms with Crippen molar-refractivity contribution in [3.05, 3.63) is 36.6 Å². The van der Waals surface area contributed by atoms with Gasteiger partial charge in [-0.1, -0.05) is 24.8 Å². The molecule has 0 atom stereocenters. The topological polar surface area (TPSA) is 49.8 Å². The highest BCUT2D eigenvalue weighted by Crippen LogP contribution is 1.81. The molecule has 0 aliphatic heterocycles. The van der Waals surface area contributed by atoms with Gasteiger partial charge in [-0.3, -0.25) is 0 Å². The Hall–Kier alpha value is -1.49. The van der Waals surface area contributed by atoms with Crippen molar-refractivity contribution in [2.45, 2.75) is 0 Å². The minimum absolute atomic E-state index is 0.202. The maximum Gasteiger partial charge on any atom is 0.117 e. The van der Waals surface area contributed by atoms with Gasteiger partial charge in [-0.2, -0.15) is 5.26 Å². The second-order valence-electron chi connectivity index (χ2n) is 1.35. The lowest BCUT2D eigenvalue weighted by molar-refractivity contribution is 1.39. The molecule has 0 saturated heterocycles. The van der Waals surface area contributed by atoms with Gasteiger partial charge in [0.1, 0.15) is 11.8 Å². The van der Waals surface area contributed by atoms with Crippen molar-refractivity contribution < 1.29 is 0 Å². The summed E-state index contributed by atoms with van der Waals surface area (Å²) >= 11 is 0. The van der Waals surface area contributed by atoms with E-state index in [9.17, 15) is 0 Å². The largest absolute Gasteiger partial charge is 0.390 e. The number of nitrogens with two attached hydrogens (primary N) is 1. The Labute approximate surface area is 54.6 Å². The quantitative estimate of drug-likeness (QED) is 0.438. The van der Waals surface area contributed by atoms with Crippen molar-refractivity contribution in [1.82, 2.24) is 0 Å². The van der Waals surface area contributed by atoms with Crippen LogP contribution < -0.4 is 5.73 Å². The van der Waals surface area contributed by atoms with E-state index >= 15 is 0 Å². The second-order valence-corrected chi connectivity index (χ2v) is 1.35. The number of rotatable bonds is 2. The molecule has 0 aromatic carbocycles. The van der Waals surface area contributed by atoms with Crippen LogP contribution in [0.5, 0.6) is 0 Å². The molecule has 46 valence electrons. The van der Waals surface area contributed by atoms with Crippen LogP contribution in [0, 0.1) is 11.3 Å². The van der Waals surface area contributed by atoms with Crippen LogP contribution in [0.3, 0.4) is 0 Å². The van der Waals surface area contributed by atoms with Gasteiger partial charge in [0, 0.05) is 0 Å². The fraction of sp³-hybridized carbons (Fsp3) is 0. The van der Waals surface area contributed by atoms with Gasteiger partial charge in [-0.25, -0.2) is 0 Å². The Morgan fingerprint density at radius 1 is 1.56 bits per heavy atom. The zero-order valence-electron chi connectivity index (χ0n) is 5.04. The first-order valence-electron chi connectivity index (χ1n) is 2.46. The first kappa shape index (κ1) is 7.51. The smallest absolute Gasteiger partial charge is 0.117 e. The second kappa shape index (κ2) is 4.66. The predicted octanol–water partition coefficient (Wildman–Crippen LogP) is 1.09. The Morgan fingerprint density at radius 2 is 2.22 bits per heavy atom. The number of allylic oxidation sites excluding steroid dienone is 5. The van der Waals surface area contributed by atoms with E-state index in [0.29, 0.717) is 0 Å². The normalized spacial score (nSPS) is 11.2. The summed E-state index contributed by atoms with van der Waals surface area (Å²) in [5.41, 5.74) is 5.33. The third-order valence-corrected chi connectivity index (χ3v) is 0.652. The average molecular weight is 120 g/mol. The summed E-state index contributed by atoms with van der Waals surface area (Å²) in [7, 11) is 0. The van der Waals surface area contributed by atoms with Crippen molar-refractivity contribution in [3.8, 4) is 6.07 Å². The molecule has 0 radical (unpaired) electrons. The summed E-state index contributed by atoms with van der Waals surface area (Å²) in [6.45, 7) is 3.44. The Balaban J connectivity index is 3.86. The van der Waals surface area contributed by atoms with Gasteiger partial charge in [-0.15, -0.1) is 0 Å². The Bertz CT molecular complexity index is 182. The van der Waals surface area contributed by atoms with Gasteiger partial charge in [0.25, 0.3) is 0 Å². The van der Waals surface area contributed by atoms with Crippen molar-refractivity contribution in [3.63, 3.8) is 0 Å². The molecular formula is C7H8N2. The average Bonchev–Trinajstić information content (AvgIpc) is 1.89. The molecule has 9 heavy (non-hydrogen) atoms. The van der Waals surface area contributed by atoms with Gasteiger partial charge in [0.05, 0.1) is 0 Å². The summed E-state index contributed by atoms with van der Waals surface area (Å²) in [5, 5.41) is 8.13. The first-order valence-corrected chi connectivity index (χ1v) is 2.46. The van der Waals surface area contributed by atoms with Crippen molar-refractivity contribution >= 4 is 0 Å². The molecule has 0 saturated carbocycles. The van der Waals surface area contributed by atoms with Crippen LogP contribution in [0.2, 0.25) is 0 Å². The minimum atomic E-state index is 0.202. The highest BCUT2D eigenvalue weighted by atomic mass is 14.6. The maximum absolute atomic E-state index is 8.13. The lowest BCUT2D eigenvalue weighted by Gasteiger charge is -1.77. The Morgan fingerprint density at radius 3 is 2.67 bits per heavy atom. The number of hydrogen-bond donors (Lipinski definition) is 1. The lowest BCUT2D eigenvalue weighted by Crippen LogP contribution is -1.90. The predicted molar refractivity (Wildman–Crippen MR) is 37.2 cm³/mol. The van der Waals surface area contributed by atoms with Gasteiger partial charge in [-0.05, 0) is 6.08 Å². The van der Waals surface area contributed by atoms with Crippen molar-refractivity contribution in [2.75, 3.05) is 0 Å². The lowest BCUT2D eigenvalue weighted by atomic mass is 10.4. The molecule has 0 aliphatic rings. The number of nitrogens with zero attached hydrogens (tertiary/aromatic N) is 1. The SMILES string of the molecule is C=C/C=C\C=C(/N)C#N. The van der Waals surface area contributed by atoms with E-state index < -0.39 is 0 Å². The van der Waals surface area contributed by atoms with Crippen LogP contribution in [-0.4, -0.2) is 0 Å². The van der Waals surface area contributed by atoms with Crippen LogP contribution in [0.15, 0.2) is 36.6 Å². The molecule has 0 aromatic heterocycles. The summed E-state index contributed by atoms with van der Waals surface area (Å²) in [5.74, 6) is 0. The number of hydrogen-bond acceptors (Lipinski definition) is 2. The summed E-state index contributed by atoms with van der Waals surface area (Å²) < 4.78 is 0. The highest BCUT2D eigenvalue weighted by molar-refractivity contribution is 5.23. The van der Waals surface area contributed by atoms with E-state index in [1.54, 1.807) is 24.3 Å². The maximum atomic E-state index is 8.13. The molecule has 0 unspecified atom stereocenters. The fourth-order valence-electron chi connectivity index (χ4n) is 0.275. The van der Waals surface area contributed by atoms with Gasteiger partial charge < -0.3 is 5.73 Å². The zero-order valence-corrected chi connectivity index (χ0v) is 5.04. The van der Waals surface area contributed by atoms with Crippen LogP contribution in [0.4, 0.5) is 0 Å². The van der Waals surface area contributed by atoms with Crippen LogP contribution in [0.1, 0.15) is 0 Å². The third kappa shape index (κ3) is 4.36. The molecule has 2 N–H and O–H groups in total. The van der Waals surface area contributed by atoms with Crippen LogP contribution in [-0.2, 0) is 0 Å².